The number of amidine groups is 1. The lowest BCUT2D eigenvalue weighted by Crippen LogP contribution is -2.60. The maximum atomic E-state index is 11.7. The number of fused-ring (bicyclic) bond motifs is 1. The van der Waals surface area contributed by atoms with E-state index < -0.39 is 0 Å². The number of rotatable bonds is 1. The van der Waals surface area contributed by atoms with Crippen molar-refractivity contribution >= 4 is 35.4 Å². The molecule has 0 aromatic carbocycles. The number of carbonyl (C=O) groups is 1. The summed E-state index contributed by atoms with van der Waals surface area (Å²) in [5.41, 5.74) is 0. The third-order valence-corrected chi connectivity index (χ3v) is 3.26. The average molecular weight is 225 g/mol. The van der Waals surface area contributed by atoms with Crippen LogP contribution < -0.4 is 0 Å². The van der Waals surface area contributed by atoms with Gasteiger partial charge in [0.2, 0.25) is 6.04 Å². The summed E-state index contributed by atoms with van der Waals surface area (Å²) < 4.78 is 2.02. The Morgan fingerprint density at radius 2 is 2.20 bits per heavy atom. The van der Waals surface area contributed by atoms with Crippen molar-refractivity contribution in [2.45, 2.75) is 13.0 Å². The lowest BCUT2D eigenvalue weighted by molar-refractivity contribution is -0.523. The smallest absolute Gasteiger partial charge is 0.287 e. The zero-order valence-electron chi connectivity index (χ0n) is 8.97. The zero-order valence-corrected chi connectivity index (χ0v) is 9.78. The van der Waals surface area contributed by atoms with Crippen molar-refractivity contribution in [3.8, 4) is 0 Å². The van der Waals surface area contributed by atoms with E-state index in [-0.39, 0.29) is 12.1 Å². The molecular formula is C9H13N4OS+. The van der Waals surface area contributed by atoms with Crippen LogP contribution in [-0.2, 0) is 0 Å². The van der Waals surface area contributed by atoms with E-state index in [1.54, 1.807) is 25.3 Å². The molecule has 0 aliphatic carbocycles. The lowest BCUT2D eigenvalue weighted by Gasteiger charge is -2.32. The third-order valence-electron chi connectivity index (χ3n) is 2.76. The number of urea groups is 1. The maximum absolute atomic E-state index is 11.7. The summed E-state index contributed by atoms with van der Waals surface area (Å²) in [7, 11) is 3.42. The van der Waals surface area contributed by atoms with Crippen LogP contribution >= 0.6 is 12.2 Å². The first-order valence-corrected chi connectivity index (χ1v) is 5.20. The number of amides is 2. The molecule has 0 saturated carbocycles. The van der Waals surface area contributed by atoms with Gasteiger partial charge < -0.3 is 0 Å². The minimum absolute atomic E-state index is 0.0577. The molecule has 1 saturated heterocycles. The van der Waals surface area contributed by atoms with Gasteiger partial charge in [0, 0.05) is 14.1 Å². The molecule has 1 fully saturated rings. The van der Waals surface area contributed by atoms with Gasteiger partial charge in [-0.05, 0) is 11.9 Å². The predicted octanol–water partition coefficient (Wildman–Crippen LogP) is 0.152. The fourth-order valence-electron chi connectivity index (χ4n) is 1.81. The molecule has 0 aromatic rings. The highest BCUT2D eigenvalue weighted by atomic mass is 32.1. The third kappa shape index (κ3) is 1.28. The Hall–Kier alpha value is -1.30. The van der Waals surface area contributed by atoms with Crippen LogP contribution in [0.4, 0.5) is 4.79 Å². The number of hydrogen-bond acceptors (Lipinski definition) is 3. The van der Waals surface area contributed by atoms with Gasteiger partial charge in [0.1, 0.15) is 4.99 Å². The minimum atomic E-state index is -0.124. The molecule has 0 bridgehead atoms. The Kier molecular flexibility index (Phi) is 2.30. The fourth-order valence-corrected chi connectivity index (χ4v) is 2.13. The predicted molar refractivity (Wildman–Crippen MR) is 61.6 cm³/mol. The topological polar surface area (TPSA) is 38.9 Å². The van der Waals surface area contributed by atoms with Gasteiger partial charge in [-0.3, -0.25) is 9.80 Å². The lowest BCUT2D eigenvalue weighted by atomic mass is 10.2. The molecule has 0 radical (unpaired) electrons. The van der Waals surface area contributed by atoms with E-state index in [2.05, 4.69) is 4.99 Å². The largest absolute Gasteiger partial charge is 0.331 e. The summed E-state index contributed by atoms with van der Waals surface area (Å²) in [6.07, 6.45) is 1.75. The Morgan fingerprint density at radius 1 is 1.53 bits per heavy atom. The maximum Gasteiger partial charge on any atom is 0.331 e. The zero-order chi connectivity index (χ0) is 11.2. The molecule has 1 atom stereocenters. The molecular weight excluding hydrogens is 212 g/mol. The van der Waals surface area contributed by atoms with Gasteiger partial charge in [-0.1, -0.05) is 12.2 Å². The molecule has 1 unspecified atom stereocenters. The average Bonchev–Trinajstić information content (AvgIpc) is 2.67. The Bertz CT molecular complexity index is 401. The highest BCUT2D eigenvalue weighted by Crippen LogP contribution is 2.17. The van der Waals surface area contributed by atoms with E-state index in [9.17, 15) is 4.79 Å². The summed E-state index contributed by atoms with van der Waals surface area (Å²) in [5, 5.41) is 0. The number of thiocarbonyl (C=S) groups is 1. The van der Waals surface area contributed by atoms with Crippen LogP contribution in [0.5, 0.6) is 0 Å². The number of nitrogens with zero attached hydrogens (tertiary/aromatic N) is 4. The number of hydrogen-bond donors (Lipinski definition) is 0. The van der Waals surface area contributed by atoms with Crippen LogP contribution in [-0.4, -0.2) is 64.3 Å². The van der Waals surface area contributed by atoms with Crippen molar-refractivity contribution in [2.75, 3.05) is 20.6 Å². The second-order valence-corrected chi connectivity index (χ2v) is 3.99. The van der Waals surface area contributed by atoms with Crippen LogP contribution in [0.1, 0.15) is 6.92 Å². The summed E-state index contributed by atoms with van der Waals surface area (Å²) in [6.45, 7) is 2.86. The van der Waals surface area contributed by atoms with Crippen molar-refractivity contribution in [3.63, 3.8) is 0 Å². The molecule has 0 spiro atoms. The number of likely N-dealkylation sites (N-methyl/N-ethyl adjacent to an activating group) is 3. The first kappa shape index (κ1) is 10.2. The van der Waals surface area contributed by atoms with Gasteiger partial charge in [0.25, 0.3) is 12.2 Å². The monoisotopic (exact) mass is 225 g/mol. The van der Waals surface area contributed by atoms with Gasteiger partial charge in [-0.2, -0.15) is 0 Å². The van der Waals surface area contributed by atoms with E-state index in [0.29, 0.717) is 4.99 Å². The standard InChI is InChI=1S/C9H13N4OS/c1-4-13-5-10-7-6(13)8(15)12(3)9(14)11(7)2/h5-6H,4H2,1-3H3/q+1. The van der Waals surface area contributed by atoms with Crippen LogP contribution in [0.25, 0.3) is 0 Å². The first-order valence-electron chi connectivity index (χ1n) is 4.80. The SMILES string of the molecule is CC[N+]1=CN=C2C1C(=S)N(C)C(=O)N2C. The van der Waals surface area contributed by atoms with Gasteiger partial charge in [-0.15, -0.1) is 0 Å². The van der Waals surface area contributed by atoms with Crippen molar-refractivity contribution < 1.29 is 9.37 Å². The summed E-state index contributed by atoms with van der Waals surface area (Å²) in [4.78, 5) is 19.6. The Balaban J connectivity index is 2.40. The highest BCUT2D eigenvalue weighted by Gasteiger charge is 2.47. The second kappa shape index (κ2) is 3.37. The van der Waals surface area contributed by atoms with Crippen molar-refractivity contribution in [1.29, 1.82) is 0 Å². The van der Waals surface area contributed by atoms with Gasteiger partial charge >= 0.3 is 6.03 Å². The Labute approximate surface area is 93.7 Å². The molecule has 2 aliphatic heterocycles. The van der Waals surface area contributed by atoms with Crippen LogP contribution in [0.3, 0.4) is 0 Å². The molecule has 80 valence electrons. The molecule has 2 amide bonds. The molecule has 6 heteroatoms. The summed E-state index contributed by atoms with van der Waals surface area (Å²) in [6, 6.07) is -0.181. The Morgan fingerprint density at radius 3 is 2.80 bits per heavy atom. The van der Waals surface area contributed by atoms with E-state index >= 15 is 0 Å². The fraction of sp³-hybridized carbons (Fsp3) is 0.556. The number of aliphatic imine (C=N–C) groups is 1. The van der Waals surface area contributed by atoms with Gasteiger partial charge in [-0.25, -0.2) is 9.37 Å². The molecule has 2 rings (SSSR count). The minimum Gasteiger partial charge on any atom is -0.287 e. The van der Waals surface area contributed by atoms with Crippen molar-refractivity contribution in [3.05, 3.63) is 0 Å². The summed E-state index contributed by atoms with van der Waals surface area (Å²) >= 11 is 5.28. The number of carbonyl (C=O) groups excluding carboxylic acids is 1. The van der Waals surface area contributed by atoms with Crippen molar-refractivity contribution in [2.24, 2.45) is 4.99 Å². The molecule has 0 N–H and O–H groups in total. The second-order valence-electron chi connectivity index (χ2n) is 3.57. The van der Waals surface area contributed by atoms with E-state index in [1.807, 2.05) is 11.5 Å². The quantitative estimate of drug-likeness (QED) is 0.471. The van der Waals surface area contributed by atoms with E-state index in [4.69, 9.17) is 12.2 Å². The van der Waals surface area contributed by atoms with Gasteiger partial charge in [0.15, 0.2) is 0 Å². The highest BCUT2D eigenvalue weighted by molar-refractivity contribution is 7.80. The first-order chi connectivity index (χ1) is 7.07. The van der Waals surface area contributed by atoms with Crippen molar-refractivity contribution in [1.82, 2.24) is 9.80 Å². The van der Waals surface area contributed by atoms with E-state index in [1.165, 1.54) is 4.90 Å². The van der Waals surface area contributed by atoms with Gasteiger partial charge in [0.05, 0.1) is 6.54 Å². The van der Waals surface area contributed by atoms with Crippen LogP contribution in [0, 0.1) is 0 Å². The summed E-state index contributed by atoms with van der Waals surface area (Å²) in [5.74, 6) is 0.727. The molecule has 2 aliphatic rings. The normalized spacial score (nSPS) is 25.4. The van der Waals surface area contributed by atoms with E-state index in [0.717, 1.165) is 12.4 Å². The molecule has 2 heterocycles. The molecule has 5 nitrogen and oxygen atoms in total. The molecule has 0 aromatic heterocycles. The molecule has 15 heavy (non-hydrogen) atoms. The van der Waals surface area contributed by atoms with Crippen LogP contribution in [0.15, 0.2) is 4.99 Å². The van der Waals surface area contributed by atoms with Crippen LogP contribution in [0.2, 0.25) is 0 Å².